The van der Waals surface area contributed by atoms with Gasteiger partial charge in [-0.3, -0.25) is 0 Å². The summed E-state index contributed by atoms with van der Waals surface area (Å²) in [4.78, 5) is 0. The molecule has 0 saturated heterocycles. The zero-order valence-corrected chi connectivity index (χ0v) is 7.14. The van der Waals surface area contributed by atoms with E-state index in [9.17, 15) is 13.2 Å². The summed E-state index contributed by atoms with van der Waals surface area (Å²) in [6.45, 7) is -1.37. The van der Waals surface area contributed by atoms with Crippen LogP contribution in [0, 0.1) is 0 Å². The van der Waals surface area contributed by atoms with Crippen molar-refractivity contribution < 1.29 is 17.9 Å². The molecule has 3 nitrogen and oxygen atoms in total. The third kappa shape index (κ3) is 2.72. The van der Waals surface area contributed by atoms with Crippen LogP contribution in [0.2, 0.25) is 0 Å². The Morgan fingerprint density at radius 3 is 2.43 bits per heavy atom. The fourth-order valence-corrected chi connectivity index (χ4v) is 0.846. The molecule has 0 aliphatic rings. The molecule has 0 aromatic heterocycles. The number of hydrogen-bond donors (Lipinski definition) is 2. The first kappa shape index (κ1) is 10.5. The third-order valence-electron chi connectivity index (χ3n) is 1.49. The predicted molar refractivity (Wildman–Crippen MR) is 46.8 cm³/mol. The normalized spacial score (nSPS) is 11.4. The first-order valence-electron chi connectivity index (χ1n) is 3.73. The minimum Gasteiger partial charge on any atom is -0.482 e. The lowest BCUT2D eigenvalue weighted by Gasteiger charge is -2.11. The van der Waals surface area contributed by atoms with E-state index in [-0.39, 0.29) is 17.1 Å². The maximum atomic E-state index is 11.8. The summed E-state index contributed by atoms with van der Waals surface area (Å²) in [5.41, 5.74) is 11.0. The van der Waals surface area contributed by atoms with E-state index in [4.69, 9.17) is 11.5 Å². The molecule has 0 amide bonds. The van der Waals surface area contributed by atoms with Crippen molar-refractivity contribution in [3.63, 3.8) is 0 Å². The van der Waals surface area contributed by atoms with Crippen LogP contribution in [-0.2, 0) is 0 Å². The topological polar surface area (TPSA) is 61.3 Å². The number of ether oxygens (including phenoxy) is 1. The fourth-order valence-electron chi connectivity index (χ4n) is 0.846. The van der Waals surface area contributed by atoms with Gasteiger partial charge in [-0.1, -0.05) is 6.07 Å². The molecule has 14 heavy (non-hydrogen) atoms. The Morgan fingerprint density at radius 2 is 1.86 bits per heavy atom. The zero-order chi connectivity index (χ0) is 10.8. The summed E-state index contributed by atoms with van der Waals surface area (Å²) in [7, 11) is 0. The monoisotopic (exact) mass is 206 g/mol. The second kappa shape index (κ2) is 3.65. The number of anilines is 2. The lowest BCUT2D eigenvalue weighted by molar-refractivity contribution is -0.153. The van der Waals surface area contributed by atoms with E-state index in [2.05, 4.69) is 4.74 Å². The molecule has 0 radical (unpaired) electrons. The molecule has 4 N–H and O–H groups in total. The van der Waals surface area contributed by atoms with Crippen LogP contribution in [0.1, 0.15) is 0 Å². The standard InChI is InChI=1S/C8H9F3N2O/c9-8(10,11)4-14-6-3-1-2-5(12)7(6)13/h1-3H,4,12-13H2. The van der Waals surface area contributed by atoms with Gasteiger partial charge in [0.15, 0.2) is 6.61 Å². The van der Waals surface area contributed by atoms with E-state index in [1.165, 1.54) is 18.2 Å². The highest BCUT2D eigenvalue weighted by Crippen LogP contribution is 2.28. The second-order valence-electron chi connectivity index (χ2n) is 2.66. The summed E-state index contributed by atoms with van der Waals surface area (Å²) in [6.07, 6.45) is -4.38. The first-order valence-corrected chi connectivity index (χ1v) is 3.73. The van der Waals surface area contributed by atoms with E-state index in [0.29, 0.717) is 0 Å². The molecule has 0 atom stereocenters. The number of hydrogen-bond acceptors (Lipinski definition) is 3. The van der Waals surface area contributed by atoms with Crippen molar-refractivity contribution in [2.75, 3.05) is 18.1 Å². The van der Waals surface area contributed by atoms with Crippen LogP contribution in [-0.4, -0.2) is 12.8 Å². The van der Waals surface area contributed by atoms with Crippen LogP contribution in [0.15, 0.2) is 18.2 Å². The molecule has 0 aliphatic heterocycles. The number of alkyl halides is 3. The molecule has 0 heterocycles. The molecule has 6 heteroatoms. The Hall–Kier alpha value is -1.59. The first-order chi connectivity index (χ1) is 6.40. The maximum absolute atomic E-state index is 11.8. The smallest absolute Gasteiger partial charge is 0.422 e. The molecule has 0 aliphatic carbocycles. The number of nitrogen functional groups attached to an aromatic ring is 2. The minimum atomic E-state index is -4.38. The lowest BCUT2D eigenvalue weighted by atomic mass is 10.2. The van der Waals surface area contributed by atoms with Crippen LogP contribution in [0.5, 0.6) is 5.75 Å². The Kier molecular flexibility index (Phi) is 2.73. The van der Waals surface area contributed by atoms with E-state index >= 15 is 0 Å². The zero-order valence-electron chi connectivity index (χ0n) is 7.14. The number of halogens is 3. The van der Waals surface area contributed by atoms with Gasteiger partial charge >= 0.3 is 6.18 Å². The molecule has 1 aromatic rings. The van der Waals surface area contributed by atoms with Crippen LogP contribution in [0.25, 0.3) is 0 Å². The molecule has 0 spiro atoms. The van der Waals surface area contributed by atoms with E-state index < -0.39 is 12.8 Å². The highest BCUT2D eigenvalue weighted by atomic mass is 19.4. The number of para-hydroxylation sites is 1. The molecule has 0 bridgehead atoms. The van der Waals surface area contributed by atoms with Gasteiger partial charge in [0.2, 0.25) is 0 Å². The second-order valence-corrected chi connectivity index (χ2v) is 2.66. The molecule has 1 rings (SSSR count). The number of rotatable bonds is 2. The number of benzene rings is 1. The van der Waals surface area contributed by atoms with Crippen molar-refractivity contribution in [3.8, 4) is 5.75 Å². The Bertz CT molecular complexity index is 325. The highest BCUT2D eigenvalue weighted by Gasteiger charge is 2.28. The summed E-state index contributed by atoms with van der Waals surface area (Å²) in [5, 5.41) is 0. The van der Waals surface area contributed by atoms with Crippen molar-refractivity contribution in [1.29, 1.82) is 0 Å². The van der Waals surface area contributed by atoms with Crippen molar-refractivity contribution in [1.82, 2.24) is 0 Å². The molecular weight excluding hydrogens is 197 g/mol. The van der Waals surface area contributed by atoms with Crippen LogP contribution in [0.4, 0.5) is 24.5 Å². The Labute approximate surface area is 78.5 Å². The van der Waals surface area contributed by atoms with Gasteiger partial charge in [-0.15, -0.1) is 0 Å². The minimum absolute atomic E-state index is 0.0248. The third-order valence-corrected chi connectivity index (χ3v) is 1.49. The van der Waals surface area contributed by atoms with Crippen molar-refractivity contribution >= 4 is 11.4 Å². The Morgan fingerprint density at radius 1 is 1.21 bits per heavy atom. The van der Waals surface area contributed by atoms with Crippen LogP contribution in [0.3, 0.4) is 0 Å². The summed E-state index contributed by atoms with van der Waals surface area (Å²) in [6, 6.07) is 4.28. The summed E-state index contributed by atoms with van der Waals surface area (Å²) in [5.74, 6) is -0.0534. The molecule has 0 unspecified atom stereocenters. The van der Waals surface area contributed by atoms with Crippen molar-refractivity contribution in [2.45, 2.75) is 6.18 Å². The fraction of sp³-hybridized carbons (Fsp3) is 0.250. The van der Waals surface area contributed by atoms with Gasteiger partial charge in [-0.2, -0.15) is 13.2 Å². The van der Waals surface area contributed by atoms with Gasteiger partial charge in [-0.05, 0) is 12.1 Å². The van der Waals surface area contributed by atoms with Crippen molar-refractivity contribution in [2.24, 2.45) is 0 Å². The lowest BCUT2D eigenvalue weighted by Crippen LogP contribution is -2.19. The van der Waals surface area contributed by atoms with Gasteiger partial charge in [0, 0.05) is 0 Å². The maximum Gasteiger partial charge on any atom is 0.422 e. The molecular formula is C8H9F3N2O. The largest absolute Gasteiger partial charge is 0.482 e. The van der Waals surface area contributed by atoms with Crippen LogP contribution >= 0.6 is 0 Å². The van der Waals surface area contributed by atoms with E-state index in [1.54, 1.807) is 0 Å². The van der Waals surface area contributed by atoms with Gasteiger partial charge in [0.1, 0.15) is 5.75 Å². The average molecular weight is 206 g/mol. The highest BCUT2D eigenvalue weighted by molar-refractivity contribution is 5.70. The Balaban J connectivity index is 2.73. The quantitative estimate of drug-likeness (QED) is 0.725. The van der Waals surface area contributed by atoms with Gasteiger partial charge in [-0.25, -0.2) is 0 Å². The predicted octanol–water partition coefficient (Wildman–Crippen LogP) is 1.79. The van der Waals surface area contributed by atoms with Gasteiger partial charge in [0.25, 0.3) is 0 Å². The molecule has 1 aromatic carbocycles. The molecule has 0 saturated carbocycles. The van der Waals surface area contributed by atoms with Gasteiger partial charge in [0.05, 0.1) is 11.4 Å². The van der Waals surface area contributed by atoms with Crippen molar-refractivity contribution in [3.05, 3.63) is 18.2 Å². The molecule has 78 valence electrons. The van der Waals surface area contributed by atoms with E-state index in [1.807, 2.05) is 0 Å². The van der Waals surface area contributed by atoms with Gasteiger partial charge < -0.3 is 16.2 Å². The van der Waals surface area contributed by atoms with Crippen LogP contribution < -0.4 is 16.2 Å². The molecule has 0 fully saturated rings. The van der Waals surface area contributed by atoms with E-state index in [0.717, 1.165) is 0 Å². The average Bonchev–Trinajstić information content (AvgIpc) is 2.06. The number of nitrogens with two attached hydrogens (primary N) is 2. The summed E-state index contributed by atoms with van der Waals surface area (Å²) >= 11 is 0. The SMILES string of the molecule is Nc1cccc(OCC(F)(F)F)c1N. The summed E-state index contributed by atoms with van der Waals surface area (Å²) < 4.78 is 39.8.